The first kappa shape index (κ1) is 13.3. The van der Waals surface area contributed by atoms with Gasteiger partial charge < -0.3 is 14.2 Å². The van der Waals surface area contributed by atoms with E-state index in [0.29, 0.717) is 37.6 Å². The van der Waals surface area contributed by atoms with Gasteiger partial charge in [0.25, 0.3) is 11.8 Å². The normalized spacial score (nSPS) is 15.3. The Balaban J connectivity index is 1.60. The van der Waals surface area contributed by atoms with E-state index in [1.807, 2.05) is 0 Å². The van der Waals surface area contributed by atoms with E-state index in [1.165, 1.54) is 17.3 Å². The molecule has 3 heterocycles. The fourth-order valence-electron chi connectivity index (χ4n) is 2.27. The minimum atomic E-state index is -0.159. The number of hydrogen-bond donors (Lipinski definition) is 0. The quantitative estimate of drug-likeness (QED) is 0.777. The maximum Gasteiger partial charge on any atom is 0.289 e. The highest BCUT2D eigenvalue weighted by molar-refractivity contribution is 5.93. The van der Waals surface area contributed by atoms with Crippen molar-refractivity contribution in [1.82, 2.24) is 24.8 Å². The zero-order valence-electron chi connectivity index (χ0n) is 11.6. The highest BCUT2D eigenvalue weighted by Gasteiger charge is 2.27. The molecule has 1 aliphatic rings. The molecule has 0 unspecified atom stereocenters. The summed E-state index contributed by atoms with van der Waals surface area (Å²) in [7, 11) is 1.66. The maximum atomic E-state index is 12.2. The van der Waals surface area contributed by atoms with E-state index < -0.39 is 0 Å². The van der Waals surface area contributed by atoms with Crippen LogP contribution in [0.25, 0.3) is 0 Å². The minimum Gasteiger partial charge on any atom is -0.459 e. The van der Waals surface area contributed by atoms with E-state index in [0.717, 1.165) is 0 Å². The minimum absolute atomic E-state index is 0.147. The lowest BCUT2D eigenvalue weighted by molar-refractivity contribution is 0.0515. The summed E-state index contributed by atoms with van der Waals surface area (Å²) >= 11 is 0. The van der Waals surface area contributed by atoms with Crippen LogP contribution in [-0.4, -0.2) is 62.8 Å². The number of carbonyl (C=O) groups excluding carboxylic acids is 2. The Labute approximate surface area is 120 Å². The summed E-state index contributed by atoms with van der Waals surface area (Å²) in [6.45, 7) is 1.90. The molecule has 2 aromatic rings. The Hall–Kier alpha value is -2.64. The van der Waals surface area contributed by atoms with Crippen molar-refractivity contribution >= 4 is 11.8 Å². The fraction of sp³-hybridized carbons (Fsp3) is 0.385. The van der Waals surface area contributed by atoms with Crippen molar-refractivity contribution in [2.75, 3.05) is 26.2 Å². The highest BCUT2D eigenvalue weighted by Crippen LogP contribution is 2.11. The maximum absolute atomic E-state index is 12.2. The van der Waals surface area contributed by atoms with E-state index in [-0.39, 0.29) is 11.8 Å². The van der Waals surface area contributed by atoms with Crippen molar-refractivity contribution in [2.45, 2.75) is 0 Å². The van der Waals surface area contributed by atoms with Crippen LogP contribution in [0.5, 0.6) is 0 Å². The lowest BCUT2D eigenvalue weighted by Crippen LogP contribution is -2.50. The molecular formula is C13H15N5O3. The molecule has 0 aliphatic carbocycles. The summed E-state index contributed by atoms with van der Waals surface area (Å²) in [6.07, 6.45) is 2.92. The number of rotatable bonds is 2. The molecule has 8 heteroatoms. The number of carbonyl (C=O) groups is 2. The van der Waals surface area contributed by atoms with Gasteiger partial charge in [0.1, 0.15) is 0 Å². The van der Waals surface area contributed by atoms with Gasteiger partial charge in [-0.3, -0.25) is 9.59 Å². The molecule has 2 amide bonds. The molecule has 0 bridgehead atoms. The number of nitrogens with zero attached hydrogens (tertiary/aromatic N) is 5. The first-order valence-corrected chi connectivity index (χ1v) is 6.63. The van der Waals surface area contributed by atoms with E-state index in [2.05, 4.69) is 10.2 Å². The first-order valence-electron chi connectivity index (χ1n) is 6.63. The van der Waals surface area contributed by atoms with Gasteiger partial charge in [0.2, 0.25) is 0 Å². The molecule has 1 aliphatic heterocycles. The van der Waals surface area contributed by atoms with Crippen LogP contribution < -0.4 is 0 Å². The number of aryl methyl sites for hydroxylation is 1. The van der Waals surface area contributed by atoms with Gasteiger partial charge in [-0.25, -0.2) is 0 Å². The second-order valence-corrected chi connectivity index (χ2v) is 4.78. The lowest BCUT2D eigenvalue weighted by atomic mass is 10.2. The second kappa shape index (κ2) is 5.39. The monoisotopic (exact) mass is 289 g/mol. The van der Waals surface area contributed by atoms with Crippen LogP contribution in [0.4, 0.5) is 0 Å². The van der Waals surface area contributed by atoms with Crippen LogP contribution in [-0.2, 0) is 7.05 Å². The molecule has 1 fully saturated rings. The van der Waals surface area contributed by atoms with Gasteiger partial charge >= 0.3 is 0 Å². The zero-order chi connectivity index (χ0) is 14.8. The molecule has 0 aromatic carbocycles. The van der Waals surface area contributed by atoms with Crippen molar-refractivity contribution in [3.63, 3.8) is 0 Å². The number of furan rings is 1. The number of piperazine rings is 1. The lowest BCUT2D eigenvalue weighted by Gasteiger charge is -2.33. The Morgan fingerprint density at radius 1 is 1.14 bits per heavy atom. The zero-order valence-corrected chi connectivity index (χ0v) is 11.6. The second-order valence-electron chi connectivity index (χ2n) is 4.78. The van der Waals surface area contributed by atoms with Crippen LogP contribution in [0.15, 0.2) is 29.0 Å². The molecule has 0 saturated carbocycles. The Morgan fingerprint density at radius 3 is 2.33 bits per heavy atom. The summed E-state index contributed by atoms with van der Waals surface area (Å²) in [4.78, 5) is 29.0. The average Bonchev–Trinajstić information content (AvgIpc) is 3.17. The van der Waals surface area contributed by atoms with Crippen molar-refractivity contribution < 1.29 is 14.0 Å². The predicted molar refractivity (Wildman–Crippen MR) is 71.5 cm³/mol. The van der Waals surface area contributed by atoms with E-state index in [9.17, 15) is 9.59 Å². The molecule has 0 N–H and O–H groups in total. The van der Waals surface area contributed by atoms with Crippen LogP contribution in [0.3, 0.4) is 0 Å². The summed E-state index contributed by atoms with van der Waals surface area (Å²) in [5.41, 5.74) is 0.323. The average molecular weight is 289 g/mol. The SMILES string of the molecule is Cn1ncc(C(=O)N2CCN(C(=O)c3ccco3)CC2)n1. The molecule has 110 valence electrons. The third-order valence-electron chi connectivity index (χ3n) is 3.40. The van der Waals surface area contributed by atoms with Crippen LogP contribution >= 0.6 is 0 Å². The van der Waals surface area contributed by atoms with Crippen LogP contribution in [0.1, 0.15) is 21.0 Å². The molecule has 21 heavy (non-hydrogen) atoms. The molecular weight excluding hydrogens is 274 g/mol. The predicted octanol–water partition coefficient (Wildman–Crippen LogP) is 0.00630. The third kappa shape index (κ3) is 2.64. The van der Waals surface area contributed by atoms with E-state index in [1.54, 1.807) is 29.0 Å². The summed E-state index contributed by atoms with van der Waals surface area (Å²) in [6, 6.07) is 3.32. The smallest absolute Gasteiger partial charge is 0.289 e. The van der Waals surface area contributed by atoms with Gasteiger partial charge in [-0.2, -0.15) is 9.90 Å². The van der Waals surface area contributed by atoms with Crippen LogP contribution in [0, 0.1) is 0 Å². The fourth-order valence-corrected chi connectivity index (χ4v) is 2.27. The van der Waals surface area contributed by atoms with Gasteiger partial charge in [-0.15, -0.1) is 5.10 Å². The van der Waals surface area contributed by atoms with Gasteiger partial charge in [0.15, 0.2) is 11.5 Å². The van der Waals surface area contributed by atoms with Crippen LogP contribution in [0.2, 0.25) is 0 Å². The highest BCUT2D eigenvalue weighted by atomic mass is 16.3. The molecule has 8 nitrogen and oxygen atoms in total. The van der Waals surface area contributed by atoms with Gasteiger partial charge in [-0.1, -0.05) is 0 Å². The molecule has 1 saturated heterocycles. The van der Waals surface area contributed by atoms with Gasteiger partial charge in [0, 0.05) is 33.2 Å². The van der Waals surface area contributed by atoms with Gasteiger partial charge in [0.05, 0.1) is 12.5 Å². The summed E-state index contributed by atoms with van der Waals surface area (Å²) in [5.74, 6) is 0.0171. The topological polar surface area (TPSA) is 84.5 Å². The summed E-state index contributed by atoms with van der Waals surface area (Å²) < 4.78 is 5.10. The number of hydrogen-bond acceptors (Lipinski definition) is 5. The van der Waals surface area contributed by atoms with E-state index >= 15 is 0 Å². The Morgan fingerprint density at radius 2 is 1.81 bits per heavy atom. The van der Waals surface area contributed by atoms with Crippen molar-refractivity contribution in [2.24, 2.45) is 7.05 Å². The Kier molecular flexibility index (Phi) is 3.43. The van der Waals surface area contributed by atoms with Crippen molar-refractivity contribution in [1.29, 1.82) is 0 Å². The van der Waals surface area contributed by atoms with E-state index in [4.69, 9.17) is 4.42 Å². The van der Waals surface area contributed by atoms with Crippen molar-refractivity contribution in [3.05, 3.63) is 36.0 Å². The van der Waals surface area contributed by atoms with Gasteiger partial charge in [-0.05, 0) is 12.1 Å². The largest absolute Gasteiger partial charge is 0.459 e. The molecule has 0 spiro atoms. The Bertz CT molecular complexity index is 641. The number of amides is 2. The first-order chi connectivity index (χ1) is 10.1. The molecule has 2 aromatic heterocycles. The summed E-state index contributed by atoms with van der Waals surface area (Å²) in [5, 5.41) is 7.89. The number of aromatic nitrogens is 3. The molecule has 0 atom stereocenters. The molecule has 0 radical (unpaired) electrons. The standard InChI is InChI=1S/C13H15N5O3/c1-16-14-9-10(15-16)12(19)17-4-6-18(7-5-17)13(20)11-3-2-8-21-11/h2-3,8-9H,4-7H2,1H3. The van der Waals surface area contributed by atoms with Crippen molar-refractivity contribution in [3.8, 4) is 0 Å². The third-order valence-corrected chi connectivity index (χ3v) is 3.40. The molecule has 3 rings (SSSR count).